The van der Waals surface area contributed by atoms with E-state index in [1.165, 1.54) is 5.56 Å². The zero-order chi connectivity index (χ0) is 24.5. The van der Waals surface area contributed by atoms with E-state index in [1.807, 2.05) is 58.3 Å². The van der Waals surface area contributed by atoms with Crippen molar-refractivity contribution in [2.75, 3.05) is 39.4 Å². The molecule has 1 fully saturated rings. The number of carbonyl (C=O) groups excluding carboxylic acids is 2. The maximum atomic E-state index is 14.0. The van der Waals surface area contributed by atoms with E-state index < -0.39 is 5.60 Å². The molecule has 2 aliphatic heterocycles. The first-order valence-electron chi connectivity index (χ1n) is 13.1. The van der Waals surface area contributed by atoms with Crippen LogP contribution < -0.4 is 4.74 Å². The van der Waals surface area contributed by atoms with E-state index in [4.69, 9.17) is 9.47 Å². The van der Waals surface area contributed by atoms with Crippen molar-refractivity contribution in [2.24, 2.45) is 0 Å². The molecule has 2 heterocycles. The van der Waals surface area contributed by atoms with Gasteiger partial charge in [0.15, 0.2) is 5.60 Å². The van der Waals surface area contributed by atoms with Crippen LogP contribution >= 0.6 is 0 Å². The molecule has 1 unspecified atom stereocenters. The number of ether oxygens (including phenoxy) is 2. The summed E-state index contributed by atoms with van der Waals surface area (Å²) in [5, 5.41) is 0. The molecule has 0 aromatic heterocycles. The van der Waals surface area contributed by atoms with Gasteiger partial charge in [0, 0.05) is 13.1 Å². The number of amides is 2. The zero-order valence-corrected chi connectivity index (χ0v) is 20.9. The van der Waals surface area contributed by atoms with Crippen LogP contribution in [-0.2, 0) is 27.2 Å². The van der Waals surface area contributed by atoms with Crippen LogP contribution in [0.2, 0.25) is 0 Å². The molecule has 0 aliphatic carbocycles. The van der Waals surface area contributed by atoms with Gasteiger partial charge in [-0.25, -0.2) is 0 Å². The minimum atomic E-state index is -0.989. The number of unbranched alkanes of at least 4 members (excludes halogenated alkanes) is 1. The maximum Gasteiger partial charge on any atom is 0.256 e. The highest BCUT2D eigenvalue weighted by Gasteiger charge is 2.46. The minimum Gasteiger partial charge on any atom is -0.491 e. The van der Waals surface area contributed by atoms with Gasteiger partial charge in [0.2, 0.25) is 5.91 Å². The van der Waals surface area contributed by atoms with E-state index in [9.17, 15) is 9.59 Å². The quantitative estimate of drug-likeness (QED) is 0.644. The molecule has 2 aliphatic rings. The third-order valence-electron chi connectivity index (χ3n) is 7.06. The molecule has 6 nitrogen and oxygen atoms in total. The highest BCUT2D eigenvalue weighted by atomic mass is 16.5. The fraction of sp³-hybridized carbons (Fsp3) is 0.517. The van der Waals surface area contributed by atoms with Crippen LogP contribution in [-0.4, -0.2) is 66.6 Å². The van der Waals surface area contributed by atoms with Gasteiger partial charge < -0.3 is 19.3 Å². The van der Waals surface area contributed by atoms with Crippen LogP contribution in [0.25, 0.3) is 0 Å². The third-order valence-corrected chi connectivity index (χ3v) is 7.06. The molecule has 0 bridgehead atoms. The summed E-state index contributed by atoms with van der Waals surface area (Å²) in [6.45, 7) is 4.97. The monoisotopic (exact) mass is 478 g/mol. The van der Waals surface area contributed by atoms with Crippen molar-refractivity contribution in [3.63, 3.8) is 0 Å². The average molecular weight is 479 g/mol. The van der Waals surface area contributed by atoms with Crippen LogP contribution in [0, 0.1) is 0 Å². The lowest BCUT2D eigenvalue weighted by molar-refractivity contribution is -0.176. The summed E-state index contributed by atoms with van der Waals surface area (Å²) in [6, 6.07) is 18.0. The van der Waals surface area contributed by atoms with Crippen molar-refractivity contribution in [1.82, 2.24) is 9.80 Å². The van der Waals surface area contributed by atoms with Gasteiger partial charge in [-0.2, -0.15) is 0 Å². The van der Waals surface area contributed by atoms with Crippen molar-refractivity contribution in [3.05, 3.63) is 65.7 Å². The Balaban J connectivity index is 1.54. The number of carbonyl (C=O) groups is 2. The lowest BCUT2D eigenvalue weighted by Gasteiger charge is -2.44. The number of morpholine rings is 1. The second-order valence-corrected chi connectivity index (χ2v) is 9.63. The van der Waals surface area contributed by atoms with Gasteiger partial charge in [0.05, 0.1) is 26.1 Å². The lowest BCUT2D eigenvalue weighted by Crippen LogP contribution is -2.62. The molecule has 1 atom stereocenters. The highest BCUT2D eigenvalue weighted by molar-refractivity contribution is 5.87. The summed E-state index contributed by atoms with van der Waals surface area (Å²) < 4.78 is 12.4. The van der Waals surface area contributed by atoms with Crippen LogP contribution in [0.3, 0.4) is 0 Å². The van der Waals surface area contributed by atoms with Crippen molar-refractivity contribution in [2.45, 2.75) is 57.5 Å². The molecule has 2 amide bonds. The summed E-state index contributed by atoms with van der Waals surface area (Å²) in [7, 11) is 0. The number of benzene rings is 2. The normalized spacial score (nSPS) is 21.6. The first-order chi connectivity index (χ1) is 17.1. The van der Waals surface area contributed by atoms with Crippen LogP contribution in [0.5, 0.6) is 5.75 Å². The van der Waals surface area contributed by atoms with Crippen LogP contribution in [0.4, 0.5) is 0 Å². The van der Waals surface area contributed by atoms with Gasteiger partial charge in [-0.3, -0.25) is 9.59 Å². The predicted molar refractivity (Wildman–Crippen MR) is 136 cm³/mol. The Morgan fingerprint density at radius 3 is 2.63 bits per heavy atom. The van der Waals surface area contributed by atoms with Crippen molar-refractivity contribution < 1.29 is 19.1 Å². The topological polar surface area (TPSA) is 59.1 Å². The average Bonchev–Trinajstić information content (AvgIpc) is 2.89. The minimum absolute atomic E-state index is 0.000574. The second kappa shape index (κ2) is 12.2. The summed E-state index contributed by atoms with van der Waals surface area (Å²) in [5.41, 5.74) is 1.21. The van der Waals surface area contributed by atoms with Crippen LogP contribution in [0.15, 0.2) is 54.6 Å². The first kappa shape index (κ1) is 25.2. The Hall–Kier alpha value is -2.86. The number of nitrogens with zero attached hydrogens (tertiary/aromatic N) is 2. The fourth-order valence-corrected chi connectivity index (χ4v) is 5.06. The molecule has 1 saturated heterocycles. The number of para-hydroxylation sites is 1. The molecule has 1 spiro atoms. The number of hydrogen-bond donors (Lipinski definition) is 0. The van der Waals surface area contributed by atoms with Gasteiger partial charge in [0.25, 0.3) is 5.91 Å². The molecule has 35 heavy (non-hydrogen) atoms. The molecule has 6 heteroatoms. The molecule has 4 rings (SSSR count). The number of hydrogen-bond acceptors (Lipinski definition) is 4. The Kier molecular flexibility index (Phi) is 8.80. The lowest BCUT2D eigenvalue weighted by atomic mass is 9.90. The molecule has 188 valence electrons. The summed E-state index contributed by atoms with van der Waals surface area (Å²) >= 11 is 0. The molecule has 2 aromatic rings. The fourth-order valence-electron chi connectivity index (χ4n) is 5.06. The smallest absolute Gasteiger partial charge is 0.256 e. The maximum absolute atomic E-state index is 14.0. The Morgan fingerprint density at radius 2 is 1.80 bits per heavy atom. The summed E-state index contributed by atoms with van der Waals surface area (Å²) in [5.74, 6) is 0.966. The van der Waals surface area contributed by atoms with E-state index in [2.05, 4.69) is 13.0 Å². The second-order valence-electron chi connectivity index (χ2n) is 9.63. The Labute approximate surface area is 209 Å². The zero-order valence-electron chi connectivity index (χ0n) is 20.9. The van der Waals surface area contributed by atoms with Crippen molar-refractivity contribution in [1.29, 1.82) is 0 Å². The number of aryl methyl sites for hydroxylation is 1. The summed E-state index contributed by atoms with van der Waals surface area (Å²) in [4.78, 5) is 31.0. The molecular formula is C29H38N2O4. The van der Waals surface area contributed by atoms with E-state index in [0.29, 0.717) is 52.2 Å². The molecule has 0 radical (unpaired) electrons. The van der Waals surface area contributed by atoms with E-state index in [-0.39, 0.29) is 11.8 Å². The standard InChI is InChI=1S/C29H38N2O4/c1-2-3-17-30-18-20-34-26-15-8-7-13-25(26)14-9-10-16-29(28(30)33)23-31(19-21-35-29)27(32)22-24-11-5-4-6-12-24/h4-8,11-13,15H,2-3,9-10,14,16-23H2,1H3. The molecule has 0 N–H and O–H groups in total. The van der Waals surface area contributed by atoms with E-state index >= 15 is 0 Å². The third kappa shape index (κ3) is 6.43. The number of fused-ring (bicyclic) bond motifs is 1. The molecule has 0 saturated carbocycles. The Bertz CT molecular complexity index is 980. The predicted octanol–water partition coefficient (Wildman–Crippen LogP) is 4.26. The van der Waals surface area contributed by atoms with Crippen molar-refractivity contribution >= 4 is 11.8 Å². The van der Waals surface area contributed by atoms with E-state index in [1.54, 1.807) is 0 Å². The van der Waals surface area contributed by atoms with Gasteiger partial charge >= 0.3 is 0 Å². The first-order valence-corrected chi connectivity index (χ1v) is 13.1. The van der Waals surface area contributed by atoms with Gasteiger partial charge in [-0.05, 0) is 49.3 Å². The largest absolute Gasteiger partial charge is 0.491 e. The van der Waals surface area contributed by atoms with E-state index in [0.717, 1.165) is 43.4 Å². The van der Waals surface area contributed by atoms with Gasteiger partial charge in [0.1, 0.15) is 12.4 Å². The van der Waals surface area contributed by atoms with Gasteiger partial charge in [-0.1, -0.05) is 61.9 Å². The molecular weight excluding hydrogens is 440 g/mol. The SMILES string of the molecule is CCCCN1CCOc2ccccc2CCCCC2(CN(C(=O)Cc3ccccc3)CCO2)C1=O. The Morgan fingerprint density at radius 1 is 1.00 bits per heavy atom. The van der Waals surface area contributed by atoms with Crippen LogP contribution in [0.1, 0.15) is 50.2 Å². The van der Waals surface area contributed by atoms with Gasteiger partial charge in [-0.15, -0.1) is 0 Å². The summed E-state index contributed by atoms with van der Waals surface area (Å²) in [6.07, 6.45) is 5.57. The molecule has 2 aromatic carbocycles. The highest BCUT2D eigenvalue weighted by Crippen LogP contribution is 2.30. The van der Waals surface area contributed by atoms with Crippen molar-refractivity contribution in [3.8, 4) is 5.75 Å². The number of rotatable bonds is 5.